The second-order valence-corrected chi connectivity index (χ2v) is 8.15. The molecule has 3 unspecified atom stereocenters. The smallest absolute Gasteiger partial charge is 0.0654 e. The van der Waals surface area contributed by atoms with Crippen LogP contribution in [0.3, 0.4) is 0 Å². The Kier molecular flexibility index (Phi) is 1.99. The van der Waals surface area contributed by atoms with Crippen molar-refractivity contribution < 1.29 is 0 Å². The van der Waals surface area contributed by atoms with Crippen molar-refractivity contribution in [2.45, 2.75) is 49.6 Å². The van der Waals surface area contributed by atoms with E-state index in [-0.39, 0.29) is 5.54 Å². The summed E-state index contributed by atoms with van der Waals surface area (Å²) in [6, 6.07) is 4.88. The zero-order valence-corrected chi connectivity index (χ0v) is 12.7. The number of aromatic nitrogens is 2. The minimum atomic E-state index is 0.0520. The van der Waals surface area contributed by atoms with Crippen LogP contribution in [0.5, 0.6) is 0 Å². The number of rotatable bonds is 1. The van der Waals surface area contributed by atoms with Gasteiger partial charge in [-0.3, -0.25) is 5.10 Å². The lowest BCUT2D eigenvalue weighted by molar-refractivity contribution is 0.222. The molecule has 1 aromatic carbocycles. The third-order valence-electron chi connectivity index (χ3n) is 7.12. The van der Waals surface area contributed by atoms with Gasteiger partial charge in [0.05, 0.1) is 11.7 Å². The number of hydrogen-bond acceptors (Lipinski definition) is 3. The van der Waals surface area contributed by atoms with Crippen molar-refractivity contribution in [2.75, 3.05) is 5.32 Å². The van der Waals surface area contributed by atoms with Crippen LogP contribution >= 0.6 is 0 Å². The third-order valence-corrected chi connectivity index (χ3v) is 7.12. The molecule has 0 radical (unpaired) electrons. The van der Waals surface area contributed by atoms with E-state index in [0.29, 0.717) is 12.0 Å². The number of H-pyrrole nitrogens is 1. The van der Waals surface area contributed by atoms with Gasteiger partial charge in [0.25, 0.3) is 0 Å². The van der Waals surface area contributed by atoms with Crippen molar-refractivity contribution in [3.8, 4) is 0 Å². The first kappa shape index (κ1) is 11.9. The molecule has 2 aromatic rings. The van der Waals surface area contributed by atoms with Crippen molar-refractivity contribution in [1.29, 1.82) is 0 Å². The van der Waals surface area contributed by atoms with E-state index < -0.39 is 0 Å². The summed E-state index contributed by atoms with van der Waals surface area (Å²) in [4.78, 5) is 0. The van der Waals surface area contributed by atoms with Crippen LogP contribution in [0.15, 0.2) is 18.3 Å². The molecule has 4 heteroatoms. The number of fused-ring (bicyclic) bond motifs is 9. The summed E-state index contributed by atoms with van der Waals surface area (Å²) in [5, 5.41) is 12.6. The Balaban J connectivity index is 1.60. The van der Waals surface area contributed by atoms with Crippen molar-refractivity contribution in [2.24, 2.45) is 23.5 Å². The Bertz CT molecular complexity index is 774. The second kappa shape index (κ2) is 3.67. The molecule has 3 fully saturated rings. The molecule has 6 rings (SSSR count). The normalized spacial score (nSPS) is 40.3. The van der Waals surface area contributed by atoms with Gasteiger partial charge in [-0.2, -0.15) is 5.10 Å². The van der Waals surface area contributed by atoms with E-state index in [1.54, 1.807) is 0 Å². The van der Waals surface area contributed by atoms with Crippen LogP contribution in [0, 0.1) is 17.8 Å². The molecule has 0 amide bonds. The molecule has 3 saturated carbocycles. The third kappa shape index (κ3) is 1.31. The molecule has 1 aliphatic heterocycles. The van der Waals surface area contributed by atoms with Crippen LogP contribution in [-0.4, -0.2) is 21.8 Å². The molecular weight excluding hydrogens is 272 g/mol. The van der Waals surface area contributed by atoms with E-state index in [1.807, 2.05) is 6.20 Å². The van der Waals surface area contributed by atoms with E-state index in [0.717, 1.165) is 17.8 Å². The van der Waals surface area contributed by atoms with Gasteiger partial charge in [-0.05, 0) is 73.5 Å². The molecule has 0 spiro atoms. The lowest BCUT2D eigenvalue weighted by atomic mass is 9.67. The summed E-state index contributed by atoms with van der Waals surface area (Å²) >= 11 is 0. The van der Waals surface area contributed by atoms with Crippen molar-refractivity contribution in [3.63, 3.8) is 0 Å². The quantitative estimate of drug-likeness (QED) is 0.757. The average molecular weight is 294 g/mol. The van der Waals surface area contributed by atoms with Crippen molar-refractivity contribution in [1.82, 2.24) is 10.2 Å². The average Bonchev–Trinajstić information content (AvgIpc) is 2.99. The Morgan fingerprint density at radius 3 is 2.91 bits per heavy atom. The van der Waals surface area contributed by atoms with Gasteiger partial charge in [-0.15, -0.1) is 0 Å². The van der Waals surface area contributed by atoms with Crippen LogP contribution in [-0.2, 0) is 0 Å². The maximum absolute atomic E-state index is 6.68. The number of benzene rings is 1. The number of aromatic amines is 1. The fourth-order valence-electron chi connectivity index (χ4n) is 6.01. The fraction of sp³-hybridized carbons (Fsp3) is 0.611. The minimum absolute atomic E-state index is 0.0520. The first-order valence-electron chi connectivity index (χ1n) is 8.76. The number of anilines is 1. The summed E-state index contributed by atoms with van der Waals surface area (Å²) in [6.45, 7) is 0. The van der Waals surface area contributed by atoms with Crippen LogP contribution in [0.25, 0.3) is 10.9 Å². The van der Waals surface area contributed by atoms with Crippen LogP contribution in [0.4, 0.5) is 5.69 Å². The summed E-state index contributed by atoms with van der Waals surface area (Å²) in [6.07, 6.45) is 8.63. The van der Waals surface area contributed by atoms with Gasteiger partial charge in [-0.1, -0.05) is 0 Å². The summed E-state index contributed by atoms with van der Waals surface area (Å²) in [5.41, 5.74) is 10.8. The number of nitrogens with one attached hydrogen (secondary N) is 2. The van der Waals surface area contributed by atoms with Gasteiger partial charge >= 0.3 is 0 Å². The first-order valence-corrected chi connectivity index (χ1v) is 8.76. The maximum atomic E-state index is 6.68. The highest BCUT2D eigenvalue weighted by Crippen LogP contribution is 2.64. The number of hydrogen-bond donors (Lipinski definition) is 3. The Morgan fingerprint density at radius 1 is 1.18 bits per heavy atom. The Labute approximate surface area is 129 Å². The van der Waals surface area contributed by atoms with E-state index in [1.165, 1.54) is 54.3 Å². The highest BCUT2D eigenvalue weighted by Gasteiger charge is 2.60. The van der Waals surface area contributed by atoms with Crippen molar-refractivity contribution in [3.05, 3.63) is 23.9 Å². The monoisotopic (exact) mass is 294 g/mol. The molecule has 5 atom stereocenters. The Hall–Kier alpha value is -1.55. The lowest BCUT2D eigenvalue weighted by Crippen LogP contribution is -2.53. The lowest BCUT2D eigenvalue weighted by Gasteiger charge is -2.46. The minimum Gasteiger partial charge on any atom is -0.380 e. The van der Waals surface area contributed by atoms with E-state index in [2.05, 4.69) is 27.6 Å². The number of nitrogens with two attached hydrogens (primary N) is 1. The molecule has 4 N–H and O–H groups in total. The van der Waals surface area contributed by atoms with E-state index in [9.17, 15) is 0 Å². The molecule has 0 saturated heterocycles. The molecule has 2 heterocycles. The topological polar surface area (TPSA) is 66.7 Å². The predicted molar refractivity (Wildman–Crippen MR) is 86.7 cm³/mol. The van der Waals surface area contributed by atoms with Gasteiger partial charge in [0.1, 0.15) is 0 Å². The van der Waals surface area contributed by atoms with Crippen molar-refractivity contribution >= 4 is 16.6 Å². The molecule has 22 heavy (non-hydrogen) atoms. The van der Waals surface area contributed by atoms with Gasteiger partial charge < -0.3 is 11.1 Å². The zero-order valence-electron chi connectivity index (χ0n) is 12.7. The molecule has 114 valence electrons. The largest absolute Gasteiger partial charge is 0.380 e. The van der Waals surface area contributed by atoms with Crippen LogP contribution in [0.2, 0.25) is 0 Å². The number of nitrogens with zero attached hydrogens (tertiary/aromatic N) is 1. The fourth-order valence-corrected chi connectivity index (χ4v) is 6.01. The second-order valence-electron chi connectivity index (χ2n) is 8.15. The standard InChI is InChI=1S/C18H22N4/c19-18(5-6-18)17-15-10-2-1-9(7-10)14(15)16-11-8-20-22-12(11)3-4-13(16)21-17/h3-4,8-10,14-15,17,21H,1-2,5-7,19H2,(H,20,22)/t9?,10?,14-,15+,17?/m0/s1. The molecular formula is C18H22N4. The molecule has 1 aromatic heterocycles. The van der Waals surface area contributed by atoms with E-state index >= 15 is 0 Å². The molecule has 4 nitrogen and oxygen atoms in total. The SMILES string of the molecule is NC1(C2Nc3ccc4[nH]ncc4c3[C@H]3C4CCC(C4)[C@@H]23)CC1. The highest BCUT2D eigenvalue weighted by molar-refractivity contribution is 5.88. The first-order chi connectivity index (χ1) is 10.7. The molecule has 4 aliphatic rings. The Morgan fingerprint density at radius 2 is 2.05 bits per heavy atom. The highest BCUT2D eigenvalue weighted by atomic mass is 15.1. The molecule has 2 bridgehead atoms. The van der Waals surface area contributed by atoms with Gasteiger partial charge in [0.15, 0.2) is 0 Å². The maximum Gasteiger partial charge on any atom is 0.0654 e. The summed E-state index contributed by atoms with van der Waals surface area (Å²) < 4.78 is 0. The van der Waals surface area contributed by atoms with Gasteiger partial charge in [0.2, 0.25) is 0 Å². The van der Waals surface area contributed by atoms with E-state index in [4.69, 9.17) is 5.73 Å². The van der Waals surface area contributed by atoms with Crippen LogP contribution in [0.1, 0.15) is 43.6 Å². The zero-order chi connectivity index (χ0) is 14.5. The summed E-state index contributed by atoms with van der Waals surface area (Å²) in [7, 11) is 0. The van der Waals surface area contributed by atoms with Gasteiger partial charge in [-0.25, -0.2) is 0 Å². The van der Waals surface area contributed by atoms with Gasteiger partial charge in [0, 0.05) is 22.7 Å². The molecule has 3 aliphatic carbocycles. The summed E-state index contributed by atoms with van der Waals surface area (Å²) in [5.74, 6) is 3.17. The van der Waals surface area contributed by atoms with Crippen LogP contribution < -0.4 is 11.1 Å². The predicted octanol–water partition coefficient (Wildman–Crippen LogP) is 2.98.